The van der Waals surface area contributed by atoms with E-state index in [-0.39, 0.29) is 0 Å². The summed E-state index contributed by atoms with van der Waals surface area (Å²) in [7, 11) is 0. The summed E-state index contributed by atoms with van der Waals surface area (Å²) in [6, 6.07) is 3.80. The van der Waals surface area contributed by atoms with Crippen molar-refractivity contribution in [2.24, 2.45) is 0 Å². The lowest BCUT2D eigenvalue weighted by atomic mass is 10.1. The zero-order chi connectivity index (χ0) is 14.6. The van der Waals surface area contributed by atoms with Crippen LogP contribution in [0.5, 0.6) is 0 Å². The molecule has 5 heteroatoms. The van der Waals surface area contributed by atoms with E-state index < -0.39 is 11.7 Å². The number of aromatic nitrogens is 1. The Morgan fingerprint density at radius 3 is 2.50 bits per heavy atom. The van der Waals surface area contributed by atoms with Crippen molar-refractivity contribution in [2.75, 3.05) is 23.3 Å². The van der Waals surface area contributed by atoms with Gasteiger partial charge in [-0.3, -0.25) is 5.32 Å². The van der Waals surface area contributed by atoms with Gasteiger partial charge in [-0.05, 0) is 52.2 Å². The van der Waals surface area contributed by atoms with Gasteiger partial charge in [0.15, 0.2) is 0 Å². The Hall–Kier alpha value is -1.78. The van der Waals surface area contributed by atoms with Crippen LogP contribution in [0.15, 0.2) is 18.3 Å². The Kier molecular flexibility index (Phi) is 4.47. The van der Waals surface area contributed by atoms with E-state index in [0.717, 1.165) is 18.9 Å². The summed E-state index contributed by atoms with van der Waals surface area (Å²) in [5.74, 6) is 0.972. The molecular formula is C15H23N3O2. The second kappa shape index (κ2) is 6.11. The zero-order valence-corrected chi connectivity index (χ0v) is 12.5. The van der Waals surface area contributed by atoms with Gasteiger partial charge in [-0.2, -0.15) is 0 Å². The number of pyridine rings is 1. The van der Waals surface area contributed by atoms with Crippen LogP contribution >= 0.6 is 0 Å². The smallest absolute Gasteiger partial charge is 0.412 e. The van der Waals surface area contributed by atoms with Gasteiger partial charge in [-0.1, -0.05) is 0 Å². The molecule has 0 bridgehead atoms. The summed E-state index contributed by atoms with van der Waals surface area (Å²) in [5, 5.41) is 2.69. The molecule has 1 aliphatic heterocycles. The zero-order valence-electron chi connectivity index (χ0n) is 12.5. The standard InChI is InChI=1S/C15H23N3O2/c1-15(2,3)20-14(19)17-12-7-8-13(16-11-12)18-9-5-4-6-10-18/h7-8,11H,4-6,9-10H2,1-3H3,(H,17,19). The molecule has 0 unspecified atom stereocenters. The normalized spacial score (nSPS) is 15.8. The average Bonchev–Trinajstić information content (AvgIpc) is 2.38. The SMILES string of the molecule is CC(C)(C)OC(=O)Nc1ccc(N2CCCCC2)nc1. The Morgan fingerprint density at radius 1 is 1.25 bits per heavy atom. The number of ether oxygens (including phenoxy) is 1. The van der Waals surface area contributed by atoms with Gasteiger partial charge in [0.05, 0.1) is 11.9 Å². The molecule has 2 rings (SSSR count). The fourth-order valence-corrected chi connectivity index (χ4v) is 2.19. The van der Waals surface area contributed by atoms with Crippen LogP contribution in [-0.2, 0) is 4.74 Å². The monoisotopic (exact) mass is 277 g/mol. The molecule has 1 aromatic heterocycles. The van der Waals surface area contributed by atoms with Gasteiger partial charge in [0.2, 0.25) is 0 Å². The highest BCUT2D eigenvalue weighted by atomic mass is 16.6. The molecule has 1 amide bonds. The van der Waals surface area contributed by atoms with Crippen molar-refractivity contribution in [3.63, 3.8) is 0 Å². The maximum Gasteiger partial charge on any atom is 0.412 e. The van der Waals surface area contributed by atoms with Crippen LogP contribution in [0, 0.1) is 0 Å². The number of hydrogen-bond acceptors (Lipinski definition) is 4. The predicted octanol–water partition coefficient (Wildman–Crippen LogP) is 3.42. The fraction of sp³-hybridized carbons (Fsp3) is 0.600. The van der Waals surface area contributed by atoms with E-state index >= 15 is 0 Å². The van der Waals surface area contributed by atoms with E-state index in [0.29, 0.717) is 5.69 Å². The minimum Gasteiger partial charge on any atom is -0.444 e. The summed E-state index contributed by atoms with van der Waals surface area (Å²) in [6.07, 6.45) is 4.96. The van der Waals surface area contributed by atoms with Crippen LogP contribution in [-0.4, -0.2) is 29.8 Å². The predicted molar refractivity (Wildman–Crippen MR) is 80.2 cm³/mol. The summed E-state index contributed by atoms with van der Waals surface area (Å²) in [4.78, 5) is 18.3. The molecule has 0 saturated carbocycles. The molecule has 1 aliphatic rings. The van der Waals surface area contributed by atoms with Crippen molar-refractivity contribution in [2.45, 2.75) is 45.6 Å². The van der Waals surface area contributed by atoms with Crippen LogP contribution in [0.3, 0.4) is 0 Å². The maximum atomic E-state index is 11.6. The maximum absolute atomic E-state index is 11.6. The highest BCUT2D eigenvalue weighted by Gasteiger charge is 2.16. The van der Waals surface area contributed by atoms with Crippen molar-refractivity contribution in [3.05, 3.63) is 18.3 Å². The first kappa shape index (κ1) is 14.6. The van der Waals surface area contributed by atoms with E-state index in [4.69, 9.17) is 4.74 Å². The van der Waals surface area contributed by atoms with Gasteiger partial charge >= 0.3 is 6.09 Å². The number of anilines is 2. The minimum absolute atomic E-state index is 0.454. The first-order valence-corrected chi connectivity index (χ1v) is 7.15. The third kappa shape index (κ3) is 4.40. The topological polar surface area (TPSA) is 54.5 Å². The van der Waals surface area contributed by atoms with E-state index in [1.54, 1.807) is 6.20 Å². The second-order valence-corrected chi connectivity index (χ2v) is 6.08. The number of carbonyl (C=O) groups is 1. The summed E-state index contributed by atoms with van der Waals surface area (Å²) in [5.41, 5.74) is 0.158. The lowest BCUT2D eigenvalue weighted by Gasteiger charge is -2.27. The van der Waals surface area contributed by atoms with E-state index in [1.165, 1.54) is 19.3 Å². The van der Waals surface area contributed by atoms with Crippen LogP contribution < -0.4 is 10.2 Å². The van der Waals surface area contributed by atoms with Gasteiger partial charge in [0, 0.05) is 13.1 Å². The number of piperidine rings is 1. The third-order valence-corrected chi connectivity index (χ3v) is 3.07. The Morgan fingerprint density at radius 2 is 1.95 bits per heavy atom. The third-order valence-electron chi connectivity index (χ3n) is 3.07. The summed E-state index contributed by atoms with van der Waals surface area (Å²) < 4.78 is 5.20. The van der Waals surface area contributed by atoms with E-state index in [2.05, 4.69) is 15.2 Å². The molecule has 1 aromatic rings. The Labute approximate surface area is 120 Å². The second-order valence-electron chi connectivity index (χ2n) is 6.08. The molecule has 20 heavy (non-hydrogen) atoms. The van der Waals surface area contributed by atoms with Crippen LogP contribution in [0.1, 0.15) is 40.0 Å². The molecule has 0 radical (unpaired) electrons. The van der Waals surface area contributed by atoms with Crippen molar-refractivity contribution in [1.29, 1.82) is 0 Å². The lowest BCUT2D eigenvalue weighted by Crippen LogP contribution is -2.30. The summed E-state index contributed by atoms with van der Waals surface area (Å²) >= 11 is 0. The molecule has 0 aromatic carbocycles. The van der Waals surface area contributed by atoms with E-state index in [1.807, 2.05) is 32.9 Å². The molecule has 2 heterocycles. The molecular weight excluding hydrogens is 254 g/mol. The largest absolute Gasteiger partial charge is 0.444 e. The molecule has 0 aliphatic carbocycles. The van der Waals surface area contributed by atoms with Crippen LogP contribution in [0.25, 0.3) is 0 Å². The first-order chi connectivity index (χ1) is 9.44. The quantitative estimate of drug-likeness (QED) is 0.900. The van der Waals surface area contributed by atoms with Crippen molar-refractivity contribution in [3.8, 4) is 0 Å². The van der Waals surface area contributed by atoms with Crippen molar-refractivity contribution >= 4 is 17.6 Å². The highest BCUT2D eigenvalue weighted by molar-refractivity contribution is 5.84. The van der Waals surface area contributed by atoms with Crippen LogP contribution in [0.2, 0.25) is 0 Å². The Balaban J connectivity index is 1.92. The summed E-state index contributed by atoms with van der Waals surface area (Å²) in [6.45, 7) is 7.64. The number of rotatable bonds is 2. The molecule has 1 saturated heterocycles. The van der Waals surface area contributed by atoms with Crippen molar-refractivity contribution < 1.29 is 9.53 Å². The molecule has 5 nitrogen and oxygen atoms in total. The van der Waals surface area contributed by atoms with Gasteiger partial charge in [0.1, 0.15) is 11.4 Å². The van der Waals surface area contributed by atoms with Crippen LogP contribution in [0.4, 0.5) is 16.3 Å². The number of carbonyl (C=O) groups excluding carboxylic acids is 1. The molecule has 110 valence electrons. The van der Waals surface area contributed by atoms with Crippen molar-refractivity contribution in [1.82, 2.24) is 4.98 Å². The first-order valence-electron chi connectivity index (χ1n) is 7.15. The van der Waals surface area contributed by atoms with Gasteiger partial charge in [-0.25, -0.2) is 9.78 Å². The van der Waals surface area contributed by atoms with Gasteiger partial charge in [0.25, 0.3) is 0 Å². The van der Waals surface area contributed by atoms with Gasteiger partial charge in [-0.15, -0.1) is 0 Å². The molecule has 0 atom stereocenters. The van der Waals surface area contributed by atoms with Gasteiger partial charge < -0.3 is 9.64 Å². The molecule has 0 spiro atoms. The minimum atomic E-state index is -0.495. The number of nitrogens with one attached hydrogen (secondary N) is 1. The lowest BCUT2D eigenvalue weighted by molar-refractivity contribution is 0.0636. The highest BCUT2D eigenvalue weighted by Crippen LogP contribution is 2.19. The number of nitrogens with zero attached hydrogens (tertiary/aromatic N) is 2. The molecule has 1 fully saturated rings. The Bertz CT molecular complexity index is 445. The molecule has 1 N–H and O–H groups in total. The number of amides is 1. The fourth-order valence-electron chi connectivity index (χ4n) is 2.19. The number of hydrogen-bond donors (Lipinski definition) is 1. The average molecular weight is 277 g/mol. The van der Waals surface area contributed by atoms with E-state index in [9.17, 15) is 4.79 Å².